The van der Waals surface area contributed by atoms with E-state index in [-0.39, 0.29) is 6.04 Å². The van der Waals surface area contributed by atoms with Gasteiger partial charge in [0, 0.05) is 63.6 Å². The number of nitrogens with one attached hydrogen (secondary N) is 1. The first-order chi connectivity index (χ1) is 15.8. The topological polar surface area (TPSA) is 45.2 Å². The second-order valence-electron chi connectivity index (χ2n) is 7.77. The molecule has 2 aromatic rings. The molecule has 1 saturated heterocycles. The average molecular weight is 484 g/mol. The minimum atomic E-state index is -4.30. The smallest absolute Gasteiger partial charge is 0.382 e. The number of benzene rings is 1. The van der Waals surface area contributed by atoms with Crippen LogP contribution >= 0.6 is 0 Å². The van der Waals surface area contributed by atoms with Crippen LogP contribution in [0.1, 0.15) is 63.4 Å². The van der Waals surface area contributed by atoms with Crippen LogP contribution in [-0.4, -0.2) is 39.5 Å². The number of fused-ring (bicyclic) bond motifs is 1. The van der Waals surface area contributed by atoms with Crippen LogP contribution in [-0.2, 0) is 17.2 Å². The zero-order valence-corrected chi connectivity index (χ0v) is 21.0. The van der Waals surface area contributed by atoms with Crippen LogP contribution in [0.4, 0.5) is 24.5 Å². The highest BCUT2D eigenvalue weighted by atomic mass is 32.2. The molecule has 8 heteroatoms. The first-order valence-corrected chi connectivity index (χ1v) is 13.3. The molecular formula is C25H36F3N3OS. The van der Waals surface area contributed by atoms with Crippen molar-refractivity contribution < 1.29 is 17.4 Å². The number of hydrogen-bond acceptors (Lipinski definition) is 4. The number of alkyl halides is 3. The minimum Gasteiger partial charge on any atom is -0.382 e. The summed E-state index contributed by atoms with van der Waals surface area (Å²) in [5.74, 6) is 1.34. The van der Waals surface area contributed by atoms with Crippen molar-refractivity contribution in [3.05, 3.63) is 53.3 Å². The highest BCUT2D eigenvalue weighted by molar-refractivity contribution is 7.85. The van der Waals surface area contributed by atoms with E-state index in [4.69, 9.17) is 0 Å². The van der Waals surface area contributed by atoms with Gasteiger partial charge >= 0.3 is 6.18 Å². The van der Waals surface area contributed by atoms with Crippen molar-refractivity contribution >= 4 is 22.2 Å². The molecule has 0 spiro atoms. The molecule has 2 aliphatic heterocycles. The fraction of sp³-hybridized carbons (Fsp3) is 0.560. The summed E-state index contributed by atoms with van der Waals surface area (Å²) >= 11 is 0. The van der Waals surface area contributed by atoms with Crippen LogP contribution in [0, 0.1) is 6.92 Å². The SMILES string of the molecule is CC.CC.Cc1ccc(C2Cc3c(NC4CCS(=O)CC4)cccc3N2CC(F)(F)F)cn1. The molecule has 1 N–H and O–H groups in total. The maximum atomic E-state index is 13.4. The summed E-state index contributed by atoms with van der Waals surface area (Å²) in [6.07, 6.45) is -0.493. The van der Waals surface area contributed by atoms with E-state index in [9.17, 15) is 17.4 Å². The number of hydrogen-bond donors (Lipinski definition) is 1. The van der Waals surface area contributed by atoms with Crippen LogP contribution in [0.5, 0.6) is 0 Å². The van der Waals surface area contributed by atoms with E-state index in [1.165, 1.54) is 4.90 Å². The highest BCUT2D eigenvalue weighted by Crippen LogP contribution is 2.45. The summed E-state index contributed by atoms with van der Waals surface area (Å²) in [6.45, 7) is 8.87. The number of nitrogens with zero attached hydrogens (tertiary/aromatic N) is 2. The molecule has 0 saturated carbocycles. The molecule has 3 heterocycles. The molecule has 0 radical (unpaired) electrons. The molecule has 0 aliphatic carbocycles. The Morgan fingerprint density at radius 3 is 2.33 bits per heavy atom. The van der Waals surface area contributed by atoms with Gasteiger partial charge in [0.1, 0.15) is 6.54 Å². The predicted molar refractivity (Wildman–Crippen MR) is 132 cm³/mol. The second-order valence-corrected chi connectivity index (χ2v) is 9.46. The first-order valence-electron chi connectivity index (χ1n) is 11.8. The van der Waals surface area contributed by atoms with E-state index >= 15 is 0 Å². The summed E-state index contributed by atoms with van der Waals surface area (Å²) in [4.78, 5) is 5.74. The summed E-state index contributed by atoms with van der Waals surface area (Å²) in [7, 11) is -0.748. The van der Waals surface area contributed by atoms with Crippen LogP contribution in [0.25, 0.3) is 0 Å². The third kappa shape index (κ3) is 7.19. The van der Waals surface area contributed by atoms with Gasteiger partial charge in [0.05, 0.1) is 6.04 Å². The Balaban J connectivity index is 0.000000914. The average Bonchev–Trinajstić information content (AvgIpc) is 3.16. The number of rotatable bonds is 4. The number of aromatic nitrogens is 1. The number of anilines is 2. The Kier molecular flexibility index (Phi) is 10.2. The van der Waals surface area contributed by atoms with Gasteiger partial charge in [0.2, 0.25) is 0 Å². The lowest BCUT2D eigenvalue weighted by Gasteiger charge is -2.29. The van der Waals surface area contributed by atoms with Crippen molar-refractivity contribution in [3.63, 3.8) is 0 Å². The summed E-state index contributed by atoms with van der Waals surface area (Å²) in [6, 6.07) is 9.02. The fourth-order valence-electron chi connectivity index (χ4n) is 4.19. The lowest BCUT2D eigenvalue weighted by atomic mass is 10.0. The molecule has 2 aliphatic rings. The van der Waals surface area contributed by atoms with Gasteiger partial charge in [-0.05, 0) is 43.5 Å². The van der Waals surface area contributed by atoms with Gasteiger partial charge in [-0.1, -0.05) is 39.8 Å². The first kappa shape index (κ1) is 27.2. The van der Waals surface area contributed by atoms with E-state index in [2.05, 4.69) is 10.3 Å². The van der Waals surface area contributed by atoms with Crippen LogP contribution in [0.2, 0.25) is 0 Å². The van der Waals surface area contributed by atoms with Crippen LogP contribution < -0.4 is 10.2 Å². The Labute approximate surface area is 198 Å². The molecule has 1 fully saturated rings. The van der Waals surface area contributed by atoms with Crippen LogP contribution in [0.3, 0.4) is 0 Å². The van der Waals surface area contributed by atoms with Crippen molar-refractivity contribution in [3.8, 4) is 0 Å². The molecule has 1 atom stereocenters. The maximum Gasteiger partial charge on any atom is 0.405 e. The third-order valence-electron chi connectivity index (χ3n) is 5.65. The fourth-order valence-corrected chi connectivity index (χ4v) is 5.48. The summed E-state index contributed by atoms with van der Waals surface area (Å²) in [5.41, 5.74) is 4.04. The van der Waals surface area contributed by atoms with Gasteiger partial charge in [-0.25, -0.2) is 0 Å². The van der Waals surface area contributed by atoms with Gasteiger partial charge in [-0.2, -0.15) is 13.2 Å². The maximum absolute atomic E-state index is 13.4. The Morgan fingerprint density at radius 1 is 1.09 bits per heavy atom. The van der Waals surface area contributed by atoms with Gasteiger partial charge in [-0.3, -0.25) is 9.19 Å². The van der Waals surface area contributed by atoms with E-state index in [0.717, 1.165) is 35.3 Å². The van der Waals surface area contributed by atoms with Gasteiger partial charge in [0.15, 0.2) is 0 Å². The van der Waals surface area contributed by atoms with Crippen molar-refractivity contribution in [2.75, 3.05) is 28.3 Å². The summed E-state index contributed by atoms with van der Waals surface area (Å²) in [5, 5.41) is 3.51. The van der Waals surface area contributed by atoms with E-state index in [1.807, 2.05) is 52.8 Å². The van der Waals surface area contributed by atoms with E-state index < -0.39 is 29.6 Å². The number of pyridine rings is 1. The van der Waals surface area contributed by atoms with Gasteiger partial charge in [-0.15, -0.1) is 0 Å². The molecule has 4 rings (SSSR count). The second kappa shape index (κ2) is 12.4. The molecule has 1 aromatic carbocycles. The molecule has 0 amide bonds. The van der Waals surface area contributed by atoms with Crippen molar-refractivity contribution in [1.82, 2.24) is 4.98 Å². The normalized spacial score (nSPS) is 21.8. The summed E-state index contributed by atoms with van der Waals surface area (Å²) < 4.78 is 51.7. The molecule has 0 bridgehead atoms. The zero-order chi connectivity index (χ0) is 24.6. The molecule has 4 nitrogen and oxygen atoms in total. The highest BCUT2D eigenvalue weighted by Gasteiger charge is 2.40. The van der Waals surface area contributed by atoms with Crippen LogP contribution in [0.15, 0.2) is 36.5 Å². The zero-order valence-electron chi connectivity index (χ0n) is 20.2. The number of halogens is 3. The molecule has 1 aromatic heterocycles. The minimum absolute atomic E-state index is 0.204. The van der Waals surface area contributed by atoms with Crippen molar-refractivity contribution in [2.45, 2.75) is 72.1 Å². The Morgan fingerprint density at radius 2 is 1.76 bits per heavy atom. The Hall–Kier alpha value is -2.09. The standard InChI is InChI=1S/C21H24F3N3OS.2C2H6/c1-14-5-6-15(12-25-14)20-11-17-18(26-16-7-9-29(28)10-8-16)3-2-4-19(17)27(20)13-21(22,23)24;2*1-2/h2-6,12,16,20,26H,7-11,13H2,1H3;2*1-2H3. The van der Waals surface area contributed by atoms with Gasteiger partial charge < -0.3 is 10.2 Å². The Bertz CT molecular complexity index is 893. The van der Waals surface area contributed by atoms with Crippen molar-refractivity contribution in [1.29, 1.82) is 0 Å². The molecule has 1 unspecified atom stereocenters. The lowest BCUT2D eigenvalue weighted by Crippen LogP contribution is -2.35. The molecule has 33 heavy (non-hydrogen) atoms. The third-order valence-corrected chi connectivity index (χ3v) is 7.03. The quantitative estimate of drug-likeness (QED) is 0.544. The molecular weight excluding hydrogens is 447 g/mol. The largest absolute Gasteiger partial charge is 0.405 e. The van der Waals surface area contributed by atoms with Crippen molar-refractivity contribution in [2.24, 2.45) is 0 Å². The van der Waals surface area contributed by atoms with Gasteiger partial charge in [0.25, 0.3) is 0 Å². The lowest BCUT2D eigenvalue weighted by molar-refractivity contribution is -0.120. The van der Waals surface area contributed by atoms with E-state index in [1.54, 1.807) is 18.3 Å². The van der Waals surface area contributed by atoms with E-state index in [0.29, 0.717) is 23.6 Å². The number of aryl methyl sites for hydroxylation is 1. The monoisotopic (exact) mass is 483 g/mol. The molecule has 184 valence electrons. The predicted octanol–water partition coefficient (Wildman–Crippen LogP) is 6.43.